The van der Waals surface area contributed by atoms with Crippen LogP contribution in [-0.2, 0) is 0 Å². The summed E-state index contributed by atoms with van der Waals surface area (Å²) in [5.41, 5.74) is 1.88. The number of imidazole rings is 1. The van der Waals surface area contributed by atoms with E-state index in [2.05, 4.69) is 28.8 Å². The number of aromatic amines is 1. The van der Waals surface area contributed by atoms with Gasteiger partial charge in [-0.2, -0.15) is 0 Å². The van der Waals surface area contributed by atoms with Crippen LogP contribution in [-0.4, -0.2) is 15.0 Å². The number of halogens is 1. The predicted octanol–water partition coefficient (Wildman–Crippen LogP) is 3.25. The van der Waals surface area contributed by atoms with Crippen LogP contribution in [0, 0.1) is 0 Å². The highest BCUT2D eigenvalue weighted by Gasteiger charge is 2.07. The molecular weight excluding hydrogens is 210 g/mol. The van der Waals surface area contributed by atoms with Crippen molar-refractivity contribution < 1.29 is 0 Å². The van der Waals surface area contributed by atoms with Crippen molar-refractivity contribution in [3.8, 4) is 11.5 Å². The Kier molecular flexibility index (Phi) is 2.73. The Hall–Kier alpha value is -1.35. The van der Waals surface area contributed by atoms with E-state index in [-0.39, 0.29) is 0 Å². The maximum atomic E-state index is 5.81. The van der Waals surface area contributed by atoms with Crippen molar-refractivity contribution in [3.63, 3.8) is 0 Å². The molecule has 0 aliphatic carbocycles. The van der Waals surface area contributed by atoms with E-state index in [1.165, 1.54) is 0 Å². The predicted molar refractivity (Wildman–Crippen MR) is 60.9 cm³/mol. The van der Waals surface area contributed by atoms with E-state index >= 15 is 0 Å². The van der Waals surface area contributed by atoms with Gasteiger partial charge in [0, 0.05) is 11.9 Å². The molecule has 0 radical (unpaired) electrons. The highest BCUT2D eigenvalue weighted by Crippen LogP contribution is 2.18. The van der Waals surface area contributed by atoms with Crippen LogP contribution in [0.4, 0.5) is 0 Å². The standard InChI is InChI=1S/C11H12ClN3/c1-7(2)9-6-13-11(15-9)8-4-3-5-10(12)14-8/h3-7H,1-2H3,(H,13,15). The van der Waals surface area contributed by atoms with E-state index in [1.54, 1.807) is 6.07 Å². The first-order valence-corrected chi connectivity index (χ1v) is 5.22. The third kappa shape index (κ3) is 2.18. The van der Waals surface area contributed by atoms with Gasteiger partial charge in [-0.15, -0.1) is 0 Å². The lowest BCUT2D eigenvalue weighted by Gasteiger charge is -1.99. The molecule has 0 unspecified atom stereocenters. The first-order chi connectivity index (χ1) is 7.16. The summed E-state index contributed by atoms with van der Waals surface area (Å²) < 4.78 is 0. The lowest BCUT2D eigenvalue weighted by atomic mass is 10.2. The van der Waals surface area contributed by atoms with Crippen molar-refractivity contribution in [2.75, 3.05) is 0 Å². The second kappa shape index (κ2) is 4.03. The summed E-state index contributed by atoms with van der Waals surface area (Å²) in [6.07, 6.45) is 1.84. The highest BCUT2D eigenvalue weighted by atomic mass is 35.5. The maximum Gasteiger partial charge on any atom is 0.156 e. The van der Waals surface area contributed by atoms with Crippen molar-refractivity contribution in [3.05, 3.63) is 35.2 Å². The van der Waals surface area contributed by atoms with E-state index in [4.69, 9.17) is 11.6 Å². The van der Waals surface area contributed by atoms with Crippen LogP contribution in [0.1, 0.15) is 25.5 Å². The summed E-state index contributed by atoms with van der Waals surface area (Å²) in [5.74, 6) is 1.20. The molecule has 0 aromatic carbocycles. The van der Waals surface area contributed by atoms with E-state index in [1.807, 2.05) is 18.3 Å². The Morgan fingerprint density at radius 3 is 2.73 bits per heavy atom. The van der Waals surface area contributed by atoms with Crippen LogP contribution in [0.15, 0.2) is 24.4 Å². The van der Waals surface area contributed by atoms with Gasteiger partial charge in [0.15, 0.2) is 5.82 Å². The van der Waals surface area contributed by atoms with Crippen molar-refractivity contribution in [2.24, 2.45) is 0 Å². The molecule has 4 heteroatoms. The molecule has 0 saturated carbocycles. The van der Waals surface area contributed by atoms with Crippen molar-refractivity contribution >= 4 is 11.6 Å². The molecule has 0 amide bonds. The largest absolute Gasteiger partial charge is 0.340 e. The van der Waals surface area contributed by atoms with Gasteiger partial charge in [-0.3, -0.25) is 0 Å². The van der Waals surface area contributed by atoms with Crippen LogP contribution in [0.25, 0.3) is 11.5 Å². The number of rotatable bonds is 2. The Morgan fingerprint density at radius 2 is 2.13 bits per heavy atom. The summed E-state index contributed by atoms with van der Waals surface area (Å²) >= 11 is 5.81. The number of nitrogens with one attached hydrogen (secondary N) is 1. The molecule has 78 valence electrons. The number of hydrogen-bond donors (Lipinski definition) is 1. The number of H-pyrrole nitrogens is 1. The van der Waals surface area contributed by atoms with Crippen molar-refractivity contribution in [1.29, 1.82) is 0 Å². The first-order valence-electron chi connectivity index (χ1n) is 4.84. The van der Waals surface area contributed by atoms with E-state index < -0.39 is 0 Å². The molecule has 0 aliphatic heterocycles. The van der Waals surface area contributed by atoms with Crippen LogP contribution < -0.4 is 0 Å². The Bertz CT molecular complexity index is 462. The van der Waals surface area contributed by atoms with Gasteiger partial charge in [0.2, 0.25) is 0 Å². The third-order valence-corrected chi connectivity index (χ3v) is 2.39. The number of nitrogens with zero attached hydrogens (tertiary/aromatic N) is 2. The topological polar surface area (TPSA) is 41.6 Å². The second-order valence-electron chi connectivity index (χ2n) is 3.69. The molecule has 1 N–H and O–H groups in total. The number of pyridine rings is 1. The Balaban J connectivity index is 2.37. The zero-order valence-corrected chi connectivity index (χ0v) is 9.42. The zero-order valence-electron chi connectivity index (χ0n) is 8.66. The fraction of sp³-hybridized carbons (Fsp3) is 0.273. The number of hydrogen-bond acceptors (Lipinski definition) is 2. The van der Waals surface area contributed by atoms with Gasteiger partial charge in [-0.1, -0.05) is 31.5 Å². The third-order valence-electron chi connectivity index (χ3n) is 2.18. The minimum Gasteiger partial charge on any atom is -0.340 e. The summed E-state index contributed by atoms with van der Waals surface area (Å²) in [6.45, 7) is 4.23. The molecule has 2 aromatic heterocycles. The monoisotopic (exact) mass is 221 g/mol. The molecule has 2 aromatic rings. The van der Waals surface area contributed by atoms with Gasteiger partial charge in [-0.05, 0) is 18.1 Å². The molecule has 0 fully saturated rings. The molecule has 0 atom stereocenters. The minimum atomic E-state index is 0.436. The van der Waals surface area contributed by atoms with Gasteiger partial charge in [0.05, 0.1) is 0 Å². The second-order valence-corrected chi connectivity index (χ2v) is 4.07. The fourth-order valence-corrected chi connectivity index (χ4v) is 1.46. The fourth-order valence-electron chi connectivity index (χ4n) is 1.30. The molecule has 2 heterocycles. The minimum absolute atomic E-state index is 0.436. The summed E-state index contributed by atoms with van der Waals surface area (Å²) in [4.78, 5) is 11.7. The zero-order chi connectivity index (χ0) is 10.8. The molecule has 0 aliphatic rings. The molecular formula is C11H12ClN3. The average Bonchev–Trinajstić information content (AvgIpc) is 2.66. The van der Waals surface area contributed by atoms with Crippen LogP contribution in [0.5, 0.6) is 0 Å². The molecule has 15 heavy (non-hydrogen) atoms. The molecule has 0 bridgehead atoms. The van der Waals surface area contributed by atoms with Crippen molar-refractivity contribution in [1.82, 2.24) is 15.0 Å². The summed E-state index contributed by atoms with van der Waals surface area (Å²) in [6, 6.07) is 5.49. The lowest BCUT2D eigenvalue weighted by molar-refractivity contribution is 0.833. The summed E-state index contributed by atoms with van der Waals surface area (Å²) in [7, 11) is 0. The highest BCUT2D eigenvalue weighted by molar-refractivity contribution is 6.29. The van der Waals surface area contributed by atoms with Gasteiger partial charge in [0.25, 0.3) is 0 Å². The van der Waals surface area contributed by atoms with E-state index in [9.17, 15) is 0 Å². The Labute approximate surface area is 93.5 Å². The molecule has 2 rings (SSSR count). The quantitative estimate of drug-likeness (QED) is 0.791. The van der Waals surface area contributed by atoms with Gasteiger partial charge in [-0.25, -0.2) is 9.97 Å². The van der Waals surface area contributed by atoms with Crippen molar-refractivity contribution in [2.45, 2.75) is 19.8 Å². The average molecular weight is 222 g/mol. The SMILES string of the molecule is CC(C)c1cnc(-c2cccc(Cl)n2)[nH]1. The molecule has 0 saturated heterocycles. The lowest BCUT2D eigenvalue weighted by Crippen LogP contribution is -1.88. The van der Waals surface area contributed by atoms with Crippen LogP contribution in [0.2, 0.25) is 5.15 Å². The summed E-state index contributed by atoms with van der Waals surface area (Å²) in [5, 5.41) is 0.481. The van der Waals surface area contributed by atoms with E-state index in [0.29, 0.717) is 11.1 Å². The molecule has 3 nitrogen and oxygen atoms in total. The van der Waals surface area contributed by atoms with Gasteiger partial charge >= 0.3 is 0 Å². The Morgan fingerprint density at radius 1 is 1.33 bits per heavy atom. The first kappa shape index (κ1) is 10.2. The maximum absolute atomic E-state index is 5.81. The van der Waals surface area contributed by atoms with E-state index in [0.717, 1.165) is 17.2 Å². The molecule has 0 spiro atoms. The normalized spacial score (nSPS) is 10.9. The smallest absolute Gasteiger partial charge is 0.156 e. The van der Waals surface area contributed by atoms with Crippen LogP contribution >= 0.6 is 11.6 Å². The van der Waals surface area contributed by atoms with Crippen LogP contribution in [0.3, 0.4) is 0 Å². The van der Waals surface area contributed by atoms with Gasteiger partial charge in [0.1, 0.15) is 10.8 Å². The number of aromatic nitrogens is 3. The van der Waals surface area contributed by atoms with Gasteiger partial charge < -0.3 is 4.98 Å².